The summed E-state index contributed by atoms with van der Waals surface area (Å²) in [5.41, 5.74) is 1.85. The van der Waals surface area contributed by atoms with Crippen LogP contribution in [0.15, 0.2) is 18.2 Å². The lowest BCUT2D eigenvalue weighted by Gasteiger charge is -2.40. The summed E-state index contributed by atoms with van der Waals surface area (Å²) in [4.78, 5) is 17.1. The predicted octanol–water partition coefficient (Wildman–Crippen LogP) is 3.49. The third-order valence-corrected chi connectivity index (χ3v) is 5.29. The number of rotatable bonds is 3. The number of hydrogen-bond donors (Lipinski definition) is 1. The maximum atomic E-state index is 12.6. The third kappa shape index (κ3) is 4.01. The number of piperazine rings is 1. The largest absolute Gasteiger partial charge is 0.495 e. The molecule has 1 aliphatic carbocycles. The summed E-state index contributed by atoms with van der Waals surface area (Å²) >= 11 is 0. The van der Waals surface area contributed by atoms with Crippen molar-refractivity contribution in [3.05, 3.63) is 23.8 Å². The first-order chi connectivity index (χ1) is 11.7. The van der Waals surface area contributed by atoms with Gasteiger partial charge in [-0.05, 0) is 37.5 Å². The number of ether oxygens (including phenoxy) is 1. The van der Waals surface area contributed by atoms with Crippen molar-refractivity contribution in [2.24, 2.45) is 0 Å². The molecule has 0 spiro atoms. The van der Waals surface area contributed by atoms with Crippen molar-refractivity contribution in [1.29, 1.82) is 0 Å². The van der Waals surface area contributed by atoms with Crippen LogP contribution >= 0.6 is 0 Å². The van der Waals surface area contributed by atoms with E-state index in [1.807, 2.05) is 30.0 Å². The number of hydrogen-bond acceptors (Lipinski definition) is 3. The van der Waals surface area contributed by atoms with Gasteiger partial charge in [-0.2, -0.15) is 0 Å². The molecule has 5 heteroatoms. The average molecular weight is 331 g/mol. The van der Waals surface area contributed by atoms with Gasteiger partial charge in [-0.1, -0.05) is 25.3 Å². The maximum absolute atomic E-state index is 12.6. The van der Waals surface area contributed by atoms with Crippen LogP contribution in [0.5, 0.6) is 5.75 Å². The Kier molecular flexibility index (Phi) is 5.61. The van der Waals surface area contributed by atoms with Gasteiger partial charge in [-0.25, -0.2) is 4.79 Å². The summed E-state index contributed by atoms with van der Waals surface area (Å²) in [6.07, 6.45) is 6.76. The van der Waals surface area contributed by atoms with E-state index >= 15 is 0 Å². The average Bonchev–Trinajstić information content (AvgIpc) is 2.63. The van der Waals surface area contributed by atoms with Gasteiger partial charge in [0, 0.05) is 32.2 Å². The summed E-state index contributed by atoms with van der Waals surface area (Å²) in [6.45, 7) is 5.59. The lowest BCUT2D eigenvalue weighted by atomic mass is 9.94. The standard InChI is InChI=1S/C19H29N3O2/c1-15-8-9-18(24-2)17(14-15)20-19(23)22-12-10-21(11-13-22)16-6-4-3-5-7-16/h8-9,14,16H,3-7,10-13H2,1-2H3,(H,20,23). The fraction of sp³-hybridized carbons (Fsp3) is 0.632. The molecule has 1 aromatic carbocycles. The number of methoxy groups -OCH3 is 1. The van der Waals surface area contributed by atoms with E-state index in [4.69, 9.17) is 4.74 Å². The molecule has 2 amide bonds. The Morgan fingerprint density at radius 1 is 1.12 bits per heavy atom. The first kappa shape index (κ1) is 17.1. The third-order valence-electron chi connectivity index (χ3n) is 5.29. The zero-order valence-electron chi connectivity index (χ0n) is 14.9. The number of aryl methyl sites for hydroxylation is 1. The van der Waals surface area contributed by atoms with E-state index < -0.39 is 0 Å². The molecule has 0 radical (unpaired) electrons. The van der Waals surface area contributed by atoms with Gasteiger partial charge in [0.25, 0.3) is 0 Å². The smallest absolute Gasteiger partial charge is 0.322 e. The highest BCUT2D eigenvalue weighted by Gasteiger charge is 2.27. The van der Waals surface area contributed by atoms with Crippen LogP contribution in [-0.4, -0.2) is 55.2 Å². The first-order valence-electron chi connectivity index (χ1n) is 9.12. The summed E-state index contributed by atoms with van der Waals surface area (Å²) in [6, 6.07) is 6.54. The molecule has 0 aromatic heterocycles. The molecule has 0 atom stereocenters. The molecule has 1 saturated carbocycles. The van der Waals surface area contributed by atoms with Crippen LogP contribution in [0.1, 0.15) is 37.7 Å². The Balaban J connectivity index is 1.54. The molecule has 1 aromatic rings. The number of nitrogens with one attached hydrogen (secondary N) is 1. The van der Waals surface area contributed by atoms with Gasteiger partial charge < -0.3 is 15.0 Å². The van der Waals surface area contributed by atoms with Gasteiger partial charge >= 0.3 is 6.03 Å². The molecule has 24 heavy (non-hydrogen) atoms. The lowest BCUT2D eigenvalue weighted by molar-refractivity contribution is 0.0943. The van der Waals surface area contributed by atoms with Crippen LogP contribution < -0.4 is 10.1 Å². The number of anilines is 1. The molecule has 3 rings (SSSR count). The molecular formula is C19H29N3O2. The second-order valence-electron chi connectivity index (χ2n) is 6.95. The molecular weight excluding hydrogens is 302 g/mol. The van der Waals surface area contributed by atoms with Crippen LogP contribution in [0.2, 0.25) is 0 Å². The summed E-state index contributed by atoms with van der Waals surface area (Å²) in [7, 11) is 1.63. The van der Waals surface area contributed by atoms with E-state index in [0.717, 1.165) is 43.5 Å². The van der Waals surface area contributed by atoms with E-state index in [0.29, 0.717) is 5.75 Å². The minimum absolute atomic E-state index is 0.0257. The van der Waals surface area contributed by atoms with E-state index in [2.05, 4.69) is 10.2 Å². The second-order valence-corrected chi connectivity index (χ2v) is 6.95. The number of carbonyl (C=O) groups is 1. The van der Waals surface area contributed by atoms with Gasteiger partial charge in [-0.15, -0.1) is 0 Å². The van der Waals surface area contributed by atoms with E-state index in [1.165, 1.54) is 32.1 Å². The fourth-order valence-corrected chi connectivity index (χ4v) is 3.85. The molecule has 1 heterocycles. The number of amides is 2. The highest BCUT2D eigenvalue weighted by atomic mass is 16.5. The molecule has 1 N–H and O–H groups in total. The van der Waals surface area contributed by atoms with Gasteiger partial charge in [0.1, 0.15) is 5.75 Å². The zero-order valence-corrected chi connectivity index (χ0v) is 14.9. The Morgan fingerprint density at radius 3 is 2.50 bits per heavy atom. The van der Waals surface area contributed by atoms with Gasteiger partial charge in [0.15, 0.2) is 0 Å². The minimum Gasteiger partial charge on any atom is -0.495 e. The van der Waals surface area contributed by atoms with Crippen molar-refractivity contribution in [3.8, 4) is 5.75 Å². The molecule has 2 aliphatic rings. The van der Waals surface area contributed by atoms with Crippen molar-refractivity contribution in [3.63, 3.8) is 0 Å². The minimum atomic E-state index is -0.0257. The van der Waals surface area contributed by atoms with Crippen LogP contribution in [-0.2, 0) is 0 Å². The molecule has 0 unspecified atom stereocenters. The lowest BCUT2D eigenvalue weighted by Crippen LogP contribution is -2.53. The van der Waals surface area contributed by atoms with E-state index in [9.17, 15) is 4.79 Å². The number of carbonyl (C=O) groups excluding carboxylic acids is 1. The summed E-state index contributed by atoms with van der Waals surface area (Å²) in [5.74, 6) is 0.704. The number of benzene rings is 1. The van der Waals surface area contributed by atoms with Gasteiger partial charge in [0.2, 0.25) is 0 Å². The monoisotopic (exact) mass is 331 g/mol. The van der Waals surface area contributed by atoms with Crippen molar-refractivity contribution in [2.45, 2.75) is 45.1 Å². The number of urea groups is 1. The normalized spacial score (nSPS) is 20.0. The topological polar surface area (TPSA) is 44.8 Å². The zero-order chi connectivity index (χ0) is 16.9. The van der Waals surface area contributed by atoms with E-state index in [1.54, 1.807) is 7.11 Å². The summed E-state index contributed by atoms with van der Waals surface area (Å²) in [5, 5.41) is 3.01. The quantitative estimate of drug-likeness (QED) is 0.922. The highest BCUT2D eigenvalue weighted by Crippen LogP contribution is 2.26. The fourth-order valence-electron chi connectivity index (χ4n) is 3.85. The van der Waals surface area contributed by atoms with Crippen molar-refractivity contribution in [1.82, 2.24) is 9.80 Å². The Morgan fingerprint density at radius 2 is 1.83 bits per heavy atom. The predicted molar refractivity (Wildman–Crippen MR) is 96.8 cm³/mol. The van der Waals surface area contributed by atoms with E-state index in [-0.39, 0.29) is 6.03 Å². The SMILES string of the molecule is COc1ccc(C)cc1NC(=O)N1CCN(C2CCCCC2)CC1. The Labute approximate surface area is 145 Å². The van der Waals surface area contributed by atoms with Crippen LogP contribution in [0.4, 0.5) is 10.5 Å². The first-order valence-corrected chi connectivity index (χ1v) is 9.12. The molecule has 2 fully saturated rings. The Bertz CT molecular complexity index is 562. The van der Waals surface area contributed by atoms with Crippen molar-refractivity contribution in [2.75, 3.05) is 38.6 Å². The van der Waals surface area contributed by atoms with Crippen LogP contribution in [0, 0.1) is 6.92 Å². The van der Waals surface area contributed by atoms with Crippen molar-refractivity contribution < 1.29 is 9.53 Å². The summed E-state index contributed by atoms with van der Waals surface area (Å²) < 4.78 is 5.34. The Hall–Kier alpha value is -1.75. The molecule has 5 nitrogen and oxygen atoms in total. The maximum Gasteiger partial charge on any atom is 0.322 e. The molecule has 0 bridgehead atoms. The molecule has 132 valence electrons. The van der Waals surface area contributed by atoms with Crippen molar-refractivity contribution >= 4 is 11.7 Å². The van der Waals surface area contributed by atoms with Crippen LogP contribution in [0.3, 0.4) is 0 Å². The number of nitrogens with zero attached hydrogens (tertiary/aromatic N) is 2. The highest BCUT2D eigenvalue weighted by molar-refractivity contribution is 5.91. The second kappa shape index (κ2) is 7.88. The van der Waals surface area contributed by atoms with Crippen LogP contribution in [0.25, 0.3) is 0 Å². The van der Waals surface area contributed by atoms with Gasteiger partial charge in [0.05, 0.1) is 12.8 Å². The molecule has 1 aliphatic heterocycles. The van der Waals surface area contributed by atoms with Gasteiger partial charge in [-0.3, -0.25) is 4.90 Å². The molecule has 1 saturated heterocycles.